The Labute approximate surface area is 66.5 Å². The Morgan fingerprint density at radius 2 is 1.91 bits per heavy atom. The summed E-state index contributed by atoms with van der Waals surface area (Å²) in [5, 5.41) is 0. The molecule has 11 heavy (non-hydrogen) atoms. The topological polar surface area (TPSA) is 41.1 Å². The summed E-state index contributed by atoms with van der Waals surface area (Å²) in [5.41, 5.74) is 6.70. The van der Waals surface area contributed by atoms with Gasteiger partial charge in [0.1, 0.15) is 5.78 Å². The minimum atomic E-state index is 0.272. The molecule has 0 radical (unpaired) electrons. The van der Waals surface area contributed by atoms with E-state index < -0.39 is 0 Å². The lowest BCUT2D eigenvalue weighted by Crippen LogP contribution is -2.46. The number of hydrogen-bond acceptors (Lipinski definition) is 3. The molecule has 0 aromatic rings. The van der Waals surface area contributed by atoms with Crippen molar-refractivity contribution in [3.05, 3.63) is 0 Å². The van der Waals surface area contributed by atoms with Crippen LogP contribution in [0.1, 0.15) is 32.1 Å². The summed E-state index contributed by atoms with van der Waals surface area (Å²) in [7, 11) is 0. The first kappa shape index (κ1) is 7.25. The fourth-order valence-corrected chi connectivity index (χ4v) is 2.00. The summed E-state index contributed by atoms with van der Waals surface area (Å²) < 4.78 is 0. The molecule has 1 saturated heterocycles. The van der Waals surface area contributed by atoms with Crippen molar-refractivity contribution in [2.24, 2.45) is 0 Å². The van der Waals surface area contributed by atoms with Crippen LogP contribution in [0.4, 0.5) is 0 Å². The van der Waals surface area contributed by atoms with Gasteiger partial charge >= 0.3 is 0 Å². The number of rotatable bonds is 0. The Bertz CT molecular complexity index is 161. The third kappa shape index (κ3) is 1.30. The zero-order chi connectivity index (χ0) is 7.73. The van der Waals surface area contributed by atoms with Crippen LogP contribution < -0.4 is 10.9 Å². The molecule has 1 heterocycles. The van der Waals surface area contributed by atoms with Crippen molar-refractivity contribution in [2.45, 2.75) is 37.6 Å². The van der Waals surface area contributed by atoms with E-state index in [1.54, 1.807) is 0 Å². The van der Waals surface area contributed by atoms with Gasteiger partial charge in [-0.1, -0.05) is 0 Å². The first-order valence-corrected chi connectivity index (χ1v) is 4.33. The lowest BCUT2D eigenvalue weighted by atomic mass is 9.80. The molecule has 0 atom stereocenters. The van der Waals surface area contributed by atoms with Crippen molar-refractivity contribution in [3.63, 3.8) is 0 Å². The Hall–Kier alpha value is -0.410. The normalized spacial score (nSPS) is 29.6. The molecule has 3 nitrogen and oxygen atoms in total. The molecule has 1 saturated carbocycles. The number of hydrogen-bond donors (Lipinski definition) is 2. The molecule has 1 spiro atoms. The minimum absolute atomic E-state index is 0.272. The van der Waals surface area contributed by atoms with Gasteiger partial charge in [-0.15, -0.1) is 0 Å². The first-order chi connectivity index (χ1) is 5.31. The lowest BCUT2D eigenvalue weighted by Gasteiger charge is -2.31. The van der Waals surface area contributed by atoms with Crippen molar-refractivity contribution >= 4 is 5.78 Å². The van der Waals surface area contributed by atoms with Crippen LogP contribution >= 0.6 is 0 Å². The van der Waals surface area contributed by atoms with Gasteiger partial charge in [-0.25, -0.2) is 0 Å². The molecule has 1 aliphatic heterocycles. The molecular formula is C8H14N2O. The van der Waals surface area contributed by atoms with E-state index in [0.717, 1.165) is 32.2 Å². The predicted octanol–water partition coefficient (Wildman–Crippen LogP) is 0.366. The highest BCUT2D eigenvalue weighted by molar-refractivity contribution is 5.79. The van der Waals surface area contributed by atoms with Crippen LogP contribution in [0.15, 0.2) is 0 Å². The van der Waals surface area contributed by atoms with Crippen LogP contribution in [-0.2, 0) is 4.79 Å². The second-order valence-corrected chi connectivity index (χ2v) is 3.62. The van der Waals surface area contributed by atoms with E-state index in [0.29, 0.717) is 5.78 Å². The zero-order valence-electron chi connectivity index (χ0n) is 6.65. The molecule has 1 aliphatic carbocycles. The van der Waals surface area contributed by atoms with Crippen LogP contribution in [0.2, 0.25) is 0 Å². The molecule has 0 amide bonds. The largest absolute Gasteiger partial charge is 0.300 e. The van der Waals surface area contributed by atoms with Gasteiger partial charge in [0.05, 0.1) is 0 Å². The average Bonchev–Trinajstić information content (AvgIpc) is 2.45. The summed E-state index contributed by atoms with van der Waals surface area (Å²) >= 11 is 0. The fourth-order valence-electron chi connectivity index (χ4n) is 2.00. The minimum Gasteiger partial charge on any atom is -0.300 e. The van der Waals surface area contributed by atoms with Crippen molar-refractivity contribution in [1.82, 2.24) is 10.9 Å². The van der Waals surface area contributed by atoms with Gasteiger partial charge in [0.25, 0.3) is 0 Å². The molecule has 0 bridgehead atoms. The Kier molecular flexibility index (Phi) is 1.69. The van der Waals surface area contributed by atoms with E-state index >= 15 is 0 Å². The summed E-state index contributed by atoms with van der Waals surface area (Å²) in [6.45, 7) is 1.05. The molecule has 2 aliphatic rings. The van der Waals surface area contributed by atoms with E-state index in [4.69, 9.17) is 0 Å². The van der Waals surface area contributed by atoms with Crippen LogP contribution in [-0.4, -0.2) is 17.9 Å². The molecule has 3 heteroatoms. The van der Waals surface area contributed by atoms with Crippen molar-refractivity contribution in [1.29, 1.82) is 0 Å². The summed E-state index contributed by atoms with van der Waals surface area (Å²) in [6, 6.07) is 0. The highest BCUT2D eigenvalue weighted by Gasteiger charge is 2.36. The number of hydrazine groups is 1. The fraction of sp³-hybridized carbons (Fsp3) is 0.875. The Morgan fingerprint density at radius 3 is 2.45 bits per heavy atom. The van der Waals surface area contributed by atoms with E-state index in [-0.39, 0.29) is 5.54 Å². The lowest BCUT2D eigenvalue weighted by molar-refractivity contribution is -0.121. The second-order valence-electron chi connectivity index (χ2n) is 3.62. The van der Waals surface area contributed by atoms with Crippen LogP contribution in [0.5, 0.6) is 0 Å². The van der Waals surface area contributed by atoms with Gasteiger partial charge in [0.2, 0.25) is 0 Å². The maximum absolute atomic E-state index is 11.0. The summed E-state index contributed by atoms with van der Waals surface area (Å²) in [4.78, 5) is 11.0. The van der Waals surface area contributed by atoms with Crippen molar-refractivity contribution < 1.29 is 4.79 Å². The Balaban J connectivity index is 1.99. The highest BCUT2D eigenvalue weighted by atomic mass is 16.1. The summed E-state index contributed by atoms with van der Waals surface area (Å²) in [6.07, 6.45) is 4.78. The molecule has 2 N–H and O–H groups in total. The monoisotopic (exact) mass is 154 g/mol. The SMILES string of the molecule is O=C1CCC2(CCNN2)CC1. The third-order valence-electron chi connectivity index (χ3n) is 2.85. The summed E-state index contributed by atoms with van der Waals surface area (Å²) in [5.74, 6) is 0.435. The first-order valence-electron chi connectivity index (χ1n) is 4.33. The number of carbonyl (C=O) groups excluding carboxylic acids is 1. The van der Waals surface area contributed by atoms with Crippen LogP contribution in [0.3, 0.4) is 0 Å². The van der Waals surface area contributed by atoms with E-state index in [1.807, 2.05) is 0 Å². The van der Waals surface area contributed by atoms with Gasteiger partial charge in [-0.2, -0.15) is 0 Å². The third-order valence-corrected chi connectivity index (χ3v) is 2.85. The maximum Gasteiger partial charge on any atom is 0.133 e. The van der Waals surface area contributed by atoms with Gasteiger partial charge in [0, 0.05) is 24.9 Å². The van der Waals surface area contributed by atoms with Crippen LogP contribution in [0.25, 0.3) is 0 Å². The molecule has 2 rings (SSSR count). The maximum atomic E-state index is 11.0. The molecule has 0 aromatic heterocycles. The van der Waals surface area contributed by atoms with E-state index in [1.165, 1.54) is 6.42 Å². The quantitative estimate of drug-likeness (QED) is 0.529. The van der Waals surface area contributed by atoms with Gasteiger partial charge in [-0.3, -0.25) is 15.6 Å². The van der Waals surface area contributed by atoms with Crippen LogP contribution in [0, 0.1) is 0 Å². The van der Waals surface area contributed by atoms with Crippen molar-refractivity contribution in [3.8, 4) is 0 Å². The van der Waals surface area contributed by atoms with E-state index in [2.05, 4.69) is 10.9 Å². The van der Waals surface area contributed by atoms with E-state index in [9.17, 15) is 4.79 Å². The number of nitrogens with one attached hydrogen (secondary N) is 2. The smallest absolute Gasteiger partial charge is 0.133 e. The molecular weight excluding hydrogens is 140 g/mol. The molecule has 0 unspecified atom stereocenters. The molecule has 62 valence electrons. The standard InChI is InChI=1S/C8H14N2O/c11-7-1-3-8(4-2-7)5-6-9-10-8/h9-10H,1-6H2. The van der Waals surface area contributed by atoms with Crippen molar-refractivity contribution in [2.75, 3.05) is 6.54 Å². The number of Topliss-reactive ketones (excluding diaryl/α,β-unsaturated/α-hetero) is 1. The van der Waals surface area contributed by atoms with Gasteiger partial charge in [-0.05, 0) is 19.3 Å². The predicted molar refractivity (Wildman–Crippen MR) is 42.0 cm³/mol. The number of ketones is 1. The van der Waals surface area contributed by atoms with Gasteiger partial charge in [0.15, 0.2) is 0 Å². The van der Waals surface area contributed by atoms with Gasteiger partial charge < -0.3 is 0 Å². The zero-order valence-corrected chi connectivity index (χ0v) is 6.65. The molecule has 0 aromatic carbocycles. The highest BCUT2D eigenvalue weighted by Crippen LogP contribution is 2.30. The average molecular weight is 154 g/mol. The Morgan fingerprint density at radius 1 is 1.18 bits per heavy atom. The number of carbonyl (C=O) groups is 1. The second kappa shape index (κ2) is 2.57. The molecule has 2 fully saturated rings.